The van der Waals surface area contributed by atoms with Gasteiger partial charge in [0.15, 0.2) is 0 Å². The largest absolute Gasteiger partial charge is 0.389 e. The Morgan fingerprint density at radius 1 is 1.25 bits per heavy atom. The number of ether oxygens (including phenoxy) is 2. The van der Waals surface area contributed by atoms with Gasteiger partial charge in [0.05, 0.1) is 25.4 Å². The van der Waals surface area contributed by atoms with E-state index in [1.54, 1.807) is 0 Å². The summed E-state index contributed by atoms with van der Waals surface area (Å²) < 4.78 is 11.1. The monoisotopic (exact) mass is 285 g/mol. The Hall–Kier alpha value is -0.160. The molecule has 2 atom stereocenters. The van der Waals surface area contributed by atoms with Gasteiger partial charge in [-0.3, -0.25) is 0 Å². The molecule has 1 N–H and O–H groups in total. The third-order valence-corrected chi connectivity index (χ3v) is 4.68. The van der Waals surface area contributed by atoms with Crippen molar-refractivity contribution in [3.8, 4) is 0 Å². The number of aliphatic hydroxyl groups excluding tert-OH is 1. The summed E-state index contributed by atoms with van der Waals surface area (Å²) in [6, 6.07) is 0. The van der Waals surface area contributed by atoms with E-state index >= 15 is 0 Å². The summed E-state index contributed by atoms with van der Waals surface area (Å²) in [5, 5.41) is 10.0. The topological polar surface area (TPSA) is 41.9 Å². The lowest BCUT2D eigenvalue weighted by Gasteiger charge is -2.34. The van der Waals surface area contributed by atoms with Gasteiger partial charge in [0, 0.05) is 13.2 Å². The van der Waals surface area contributed by atoms with Crippen LogP contribution in [0, 0.1) is 11.8 Å². The number of rotatable bonds is 7. The Morgan fingerprint density at radius 3 is 2.60 bits per heavy atom. The first-order chi connectivity index (χ1) is 9.65. The van der Waals surface area contributed by atoms with Gasteiger partial charge in [-0.1, -0.05) is 13.8 Å². The van der Waals surface area contributed by atoms with Gasteiger partial charge in [0.2, 0.25) is 0 Å². The van der Waals surface area contributed by atoms with Crippen LogP contribution >= 0.6 is 0 Å². The van der Waals surface area contributed by atoms with E-state index in [9.17, 15) is 5.11 Å². The van der Waals surface area contributed by atoms with Gasteiger partial charge in [-0.05, 0) is 50.6 Å². The Labute approximate surface area is 123 Å². The van der Waals surface area contributed by atoms with Crippen molar-refractivity contribution in [2.45, 2.75) is 51.7 Å². The molecule has 0 radical (unpaired) electrons. The van der Waals surface area contributed by atoms with E-state index in [0.717, 1.165) is 50.9 Å². The molecule has 4 heteroatoms. The Bertz CT molecular complexity index is 258. The molecule has 2 saturated heterocycles. The van der Waals surface area contributed by atoms with E-state index in [2.05, 4.69) is 18.7 Å². The van der Waals surface area contributed by atoms with Crippen LogP contribution in [0.1, 0.15) is 39.5 Å². The molecule has 0 aromatic heterocycles. The molecule has 0 aromatic carbocycles. The van der Waals surface area contributed by atoms with Crippen molar-refractivity contribution in [1.29, 1.82) is 0 Å². The maximum atomic E-state index is 10.0. The van der Waals surface area contributed by atoms with Crippen LogP contribution < -0.4 is 0 Å². The number of hydrogen-bond donors (Lipinski definition) is 1. The Balaban J connectivity index is 1.54. The van der Waals surface area contributed by atoms with E-state index in [1.165, 1.54) is 12.8 Å². The second kappa shape index (κ2) is 8.32. The standard InChI is InChI=1S/C16H31NO3/c1-13(2)14-5-7-17(8-6-14)10-15(18)11-19-12-16-4-3-9-20-16/h13-16,18H,3-12H2,1-2H3. The van der Waals surface area contributed by atoms with Gasteiger partial charge >= 0.3 is 0 Å². The van der Waals surface area contributed by atoms with Crippen LogP contribution in [0.3, 0.4) is 0 Å². The number of nitrogens with zero attached hydrogens (tertiary/aromatic N) is 1. The van der Waals surface area contributed by atoms with E-state index in [1.807, 2.05) is 0 Å². The van der Waals surface area contributed by atoms with Crippen LogP contribution in [0.4, 0.5) is 0 Å². The summed E-state index contributed by atoms with van der Waals surface area (Å²) in [6.07, 6.45) is 4.65. The lowest BCUT2D eigenvalue weighted by atomic mass is 9.87. The molecule has 2 fully saturated rings. The normalized spacial score (nSPS) is 27.3. The lowest BCUT2D eigenvalue weighted by molar-refractivity contribution is -0.0279. The molecule has 2 rings (SSSR count). The molecule has 0 bridgehead atoms. The van der Waals surface area contributed by atoms with Crippen LogP contribution in [0.25, 0.3) is 0 Å². The maximum Gasteiger partial charge on any atom is 0.0900 e. The Morgan fingerprint density at radius 2 is 2.00 bits per heavy atom. The molecular formula is C16H31NO3. The Kier molecular flexibility index (Phi) is 6.75. The quantitative estimate of drug-likeness (QED) is 0.776. The number of hydrogen-bond acceptors (Lipinski definition) is 4. The third-order valence-electron chi connectivity index (χ3n) is 4.68. The predicted molar refractivity (Wildman–Crippen MR) is 79.8 cm³/mol. The van der Waals surface area contributed by atoms with Crippen molar-refractivity contribution in [3.63, 3.8) is 0 Å². The van der Waals surface area contributed by atoms with Crippen molar-refractivity contribution in [2.75, 3.05) is 39.5 Å². The van der Waals surface area contributed by atoms with E-state index in [-0.39, 0.29) is 12.2 Å². The molecule has 4 nitrogen and oxygen atoms in total. The molecule has 2 aliphatic heterocycles. The van der Waals surface area contributed by atoms with Gasteiger partial charge in [-0.25, -0.2) is 0 Å². The summed E-state index contributed by atoms with van der Waals surface area (Å²) in [6.45, 7) is 9.54. The first-order valence-corrected chi connectivity index (χ1v) is 8.25. The lowest BCUT2D eigenvalue weighted by Crippen LogP contribution is -2.41. The van der Waals surface area contributed by atoms with Gasteiger partial charge in [0.1, 0.15) is 0 Å². The second-order valence-corrected chi connectivity index (χ2v) is 6.71. The average Bonchev–Trinajstić information content (AvgIpc) is 2.92. The SMILES string of the molecule is CC(C)C1CCN(CC(O)COCC2CCCO2)CC1. The van der Waals surface area contributed by atoms with Crippen LogP contribution in [-0.2, 0) is 9.47 Å². The first-order valence-electron chi connectivity index (χ1n) is 8.25. The van der Waals surface area contributed by atoms with Gasteiger partial charge in [-0.15, -0.1) is 0 Å². The van der Waals surface area contributed by atoms with Crippen molar-refractivity contribution in [1.82, 2.24) is 4.90 Å². The molecule has 0 aromatic rings. The molecule has 0 amide bonds. The summed E-state index contributed by atoms with van der Waals surface area (Å²) in [5.74, 6) is 1.65. The number of likely N-dealkylation sites (tertiary alicyclic amines) is 1. The fraction of sp³-hybridized carbons (Fsp3) is 1.00. The second-order valence-electron chi connectivity index (χ2n) is 6.71. The fourth-order valence-electron chi connectivity index (χ4n) is 3.26. The summed E-state index contributed by atoms with van der Waals surface area (Å²) in [5.41, 5.74) is 0. The van der Waals surface area contributed by atoms with Crippen LogP contribution in [0.2, 0.25) is 0 Å². The van der Waals surface area contributed by atoms with Gasteiger partial charge in [-0.2, -0.15) is 0 Å². The molecule has 2 heterocycles. The highest BCUT2D eigenvalue weighted by atomic mass is 16.5. The minimum absolute atomic E-state index is 0.254. The molecule has 118 valence electrons. The number of piperidine rings is 1. The fourth-order valence-corrected chi connectivity index (χ4v) is 3.26. The first kappa shape index (κ1) is 16.2. The zero-order valence-electron chi connectivity index (χ0n) is 13.1. The zero-order valence-corrected chi connectivity index (χ0v) is 13.1. The van der Waals surface area contributed by atoms with Crippen LogP contribution in [0.15, 0.2) is 0 Å². The van der Waals surface area contributed by atoms with Crippen molar-refractivity contribution in [3.05, 3.63) is 0 Å². The highest BCUT2D eigenvalue weighted by molar-refractivity contribution is 4.76. The zero-order chi connectivity index (χ0) is 14.4. The molecule has 20 heavy (non-hydrogen) atoms. The van der Waals surface area contributed by atoms with E-state index in [4.69, 9.17) is 9.47 Å². The molecule has 0 saturated carbocycles. The molecule has 0 spiro atoms. The highest BCUT2D eigenvalue weighted by Gasteiger charge is 2.23. The van der Waals surface area contributed by atoms with Gasteiger partial charge in [0.25, 0.3) is 0 Å². The summed E-state index contributed by atoms with van der Waals surface area (Å²) in [7, 11) is 0. The molecule has 0 aliphatic carbocycles. The van der Waals surface area contributed by atoms with Crippen molar-refractivity contribution in [2.24, 2.45) is 11.8 Å². The number of aliphatic hydroxyl groups is 1. The average molecular weight is 285 g/mol. The van der Waals surface area contributed by atoms with Crippen molar-refractivity contribution >= 4 is 0 Å². The minimum Gasteiger partial charge on any atom is -0.389 e. The minimum atomic E-state index is -0.369. The van der Waals surface area contributed by atoms with E-state index < -0.39 is 0 Å². The molecule has 2 unspecified atom stereocenters. The predicted octanol–water partition coefficient (Wildman–Crippen LogP) is 1.91. The van der Waals surface area contributed by atoms with Crippen molar-refractivity contribution < 1.29 is 14.6 Å². The highest BCUT2D eigenvalue weighted by Crippen LogP contribution is 2.24. The van der Waals surface area contributed by atoms with Gasteiger partial charge < -0.3 is 19.5 Å². The molecular weight excluding hydrogens is 254 g/mol. The maximum absolute atomic E-state index is 10.0. The summed E-state index contributed by atoms with van der Waals surface area (Å²) >= 11 is 0. The smallest absolute Gasteiger partial charge is 0.0900 e. The summed E-state index contributed by atoms with van der Waals surface area (Å²) in [4.78, 5) is 2.37. The van der Waals surface area contributed by atoms with Crippen LogP contribution in [-0.4, -0.2) is 61.7 Å². The third kappa shape index (κ3) is 5.32. The van der Waals surface area contributed by atoms with Crippen LogP contribution in [0.5, 0.6) is 0 Å². The molecule has 2 aliphatic rings. The number of β-amino-alcohol motifs (C(OH)–C–C–N with tert-alkyl or cyclic N) is 1. The van der Waals surface area contributed by atoms with E-state index in [0.29, 0.717) is 13.2 Å².